The Bertz CT molecular complexity index is 992. The van der Waals surface area contributed by atoms with Gasteiger partial charge in [0.05, 0.1) is 11.1 Å². The fourth-order valence-corrected chi connectivity index (χ4v) is 3.24. The first-order valence-corrected chi connectivity index (χ1v) is 8.69. The largest absolute Gasteiger partial charge is 0.381 e. The molecule has 1 aliphatic heterocycles. The van der Waals surface area contributed by atoms with E-state index >= 15 is 0 Å². The summed E-state index contributed by atoms with van der Waals surface area (Å²) in [4.78, 5) is 32.2. The van der Waals surface area contributed by atoms with E-state index in [0.29, 0.717) is 43.0 Å². The van der Waals surface area contributed by atoms with Crippen LogP contribution in [0, 0.1) is 5.92 Å². The summed E-state index contributed by atoms with van der Waals surface area (Å²) < 4.78 is 5.32. The van der Waals surface area contributed by atoms with Crippen molar-refractivity contribution in [3.05, 3.63) is 59.0 Å². The van der Waals surface area contributed by atoms with Crippen LogP contribution in [0.4, 0.5) is 5.82 Å². The van der Waals surface area contributed by atoms with Gasteiger partial charge in [-0.1, -0.05) is 30.3 Å². The number of nitrogens with one attached hydrogen (secondary N) is 2. The second kappa shape index (κ2) is 7.09. The SMILES string of the molecule is O=C(Nc1nc(-c2ccccc2)cc2cc[nH]c(=O)c12)C1CCOCC1. The number of aromatic amines is 1. The number of rotatable bonds is 3. The average Bonchev–Trinajstić information content (AvgIpc) is 2.69. The molecule has 0 unspecified atom stereocenters. The van der Waals surface area contributed by atoms with Gasteiger partial charge in [0.2, 0.25) is 5.91 Å². The zero-order chi connectivity index (χ0) is 17.9. The molecule has 0 atom stereocenters. The first-order valence-electron chi connectivity index (χ1n) is 8.69. The zero-order valence-electron chi connectivity index (χ0n) is 14.2. The average molecular weight is 349 g/mol. The molecule has 0 radical (unpaired) electrons. The Morgan fingerprint density at radius 1 is 1.15 bits per heavy atom. The summed E-state index contributed by atoms with van der Waals surface area (Å²) in [7, 11) is 0. The topological polar surface area (TPSA) is 84.1 Å². The Labute approximate surface area is 150 Å². The molecule has 26 heavy (non-hydrogen) atoms. The van der Waals surface area contributed by atoms with Crippen LogP contribution in [-0.2, 0) is 9.53 Å². The number of anilines is 1. The van der Waals surface area contributed by atoms with Crippen molar-refractivity contribution < 1.29 is 9.53 Å². The van der Waals surface area contributed by atoms with Crippen LogP contribution in [0.5, 0.6) is 0 Å². The van der Waals surface area contributed by atoms with Crippen molar-refractivity contribution in [2.45, 2.75) is 12.8 Å². The number of H-pyrrole nitrogens is 1. The fraction of sp³-hybridized carbons (Fsp3) is 0.250. The van der Waals surface area contributed by atoms with Gasteiger partial charge in [0, 0.05) is 30.9 Å². The summed E-state index contributed by atoms with van der Waals surface area (Å²) >= 11 is 0. The number of hydrogen-bond acceptors (Lipinski definition) is 4. The molecule has 1 saturated heterocycles. The predicted octanol–water partition coefficient (Wildman–Crippen LogP) is 2.96. The number of nitrogens with zero attached hydrogens (tertiary/aromatic N) is 1. The normalized spacial score (nSPS) is 15.1. The molecule has 3 heterocycles. The van der Waals surface area contributed by atoms with Crippen LogP contribution >= 0.6 is 0 Å². The van der Waals surface area contributed by atoms with Gasteiger partial charge >= 0.3 is 0 Å². The second-order valence-electron chi connectivity index (χ2n) is 6.37. The molecule has 1 aliphatic rings. The van der Waals surface area contributed by atoms with Gasteiger partial charge in [-0.05, 0) is 30.4 Å². The number of benzene rings is 1. The highest BCUT2D eigenvalue weighted by molar-refractivity contribution is 6.02. The van der Waals surface area contributed by atoms with E-state index in [1.54, 1.807) is 6.20 Å². The van der Waals surface area contributed by atoms with Gasteiger partial charge in [0.25, 0.3) is 5.56 Å². The van der Waals surface area contributed by atoms with Crippen LogP contribution < -0.4 is 10.9 Å². The molecule has 1 amide bonds. The minimum atomic E-state index is -0.267. The highest BCUT2D eigenvalue weighted by atomic mass is 16.5. The van der Waals surface area contributed by atoms with Crippen molar-refractivity contribution in [1.82, 2.24) is 9.97 Å². The zero-order valence-corrected chi connectivity index (χ0v) is 14.2. The van der Waals surface area contributed by atoms with Crippen molar-refractivity contribution in [1.29, 1.82) is 0 Å². The summed E-state index contributed by atoms with van der Waals surface area (Å²) in [6.45, 7) is 1.16. The van der Waals surface area contributed by atoms with E-state index in [1.165, 1.54) is 0 Å². The van der Waals surface area contributed by atoms with Crippen molar-refractivity contribution in [2.75, 3.05) is 18.5 Å². The van der Waals surface area contributed by atoms with Gasteiger partial charge < -0.3 is 15.0 Å². The standard InChI is InChI=1S/C20H19N3O3/c24-19(14-7-10-26-11-8-14)23-18-17-15(6-9-21-20(17)25)12-16(22-18)13-4-2-1-3-5-13/h1-6,9,12,14H,7-8,10-11H2,(H,21,25)(H,22,23,24). The van der Waals surface area contributed by atoms with Gasteiger partial charge in [0.1, 0.15) is 5.82 Å². The molecule has 4 rings (SSSR count). The molecule has 0 bridgehead atoms. The van der Waals surface area contributed by atoms with Crippen molar-refractivity contribution in [3.8, 4) is 11.3 Å². The molecule has 6 nitrogen and oxygen atoms in total. The van der Waals surface area contributed by atoms with Gasteiger partial charge in [-0.25, -0.2) is 4.98 Å². The van der Waals surface area contributed by atoms with E-state index in [2.05, 4.69) is 15.3 Å². The maximum Gasteiger partial charge on any atom is 0.259 e. The first-order chi connectivity index (χ1) is 12.7. The van der Waals surface area contributed by atoms with Crippen molar-refractivity contribution in [2.24, 2.45) is 5.92 Å². The molecule has 132 valence electrons. The summed E-state index contributed by atoms with van der Waals surface area (Å²) in [6, 6.07) is 13.4. The Morgan fingerprint density at radius 3 is 2.69 bits per heavy atom. The van der Waals surface area contributed by atoms with Gasteiger partial charge in [-0.15, -0.1) is 0 Å². The molecule has 0 spiro atoms. The van der Waals surface area contributed by atoms with Gasteiger partial charge in [-0.2, -0.15) is 0 Å². The molecule has 3 aromatic rings. The molecule has 2 N–H and O–H groups in total. The van der Waals surface area contributed by atoms with E-state index in [1.807, 2.05) is 42.5 Å². The predicted molar refractivity (Wildman–Crippen MR) is 100.0 cm³/mol. The molecule has 1 fully saturated rings. The van der Waals surface area contributed by atoms with E-state index in [4.69, 9.17) is 4.74 Å². The van der Waals surface area contributed by atoms with Crippen LogP contribution in [0.3, 0.4) is 0 Å². The highest BCUT2D eigenvalue weighted by Crippen LogP contribution is 2.26. The fourth-order valence-electron chi connectivity index (χ4n) is 3.24. The third-order valence-electron chi connectivity index (χ3n) is 4.66. The third-order valence-corrected chi connectivity index (χ3v) is 4.66. The third kappa shape index (κ3) is 3.23. The maximum absolute atomic E-state index is 12.7. The van der Waals surface area contributed by atoms with Gasteiger partial charge in [-0.3, -0.25) is 9.59 Å². The molecule has 6 heteroatoms. The molecular formula is C20H19N3O3. The van der Waals surface area contributed by atoms with E-state index < -0.39 is 0 Å². The number of fused-ring (bicyclic) bond motifs is 1. The lowest BCUT2D eigenvalue weighted by Gasteiger charge is -2.21. The van der Waals surface area contributed by atoms with Gasteiger partial charge in [0.15, 0.2) is 0 Å². The van der Waals surface area contributed by atoms with Crippen LogP contribution in [-0.4, -0.2) is 29.1 Å². The Kier molecular flexibility index (Phi) is 4.50. The Hall–Kier alpha value is -2.99. The van der Waals surface area contributed by atoms with E-state index in [-0.39, 0.29) is 17.4 Å². The van der Waals surface area contributed by atoms with E-state index in [9.17, 15) is 9.59 Å². The lowest BCUT2D eigenvalue weighted by Crippen LogP contribution is -2.29. The number of aromatic nitrogens is 2. The number of hydrogen-bond donors (Lipinski definition) is 2. The number of carbonyl (C=O) groups excluding carboxylic acids is 1. The quantitative estimate of drug-likeness (QED) is 0.761. The van der Waals surface area contributed by atoms with Crippen molar-refractivity contribution >= 4 is 22.5 Å². The summed E-state index contributed by atoms with van der Waals surface area (Å²) in [5.74, 6) is 0.0686. The van der Waals surface area contributed by atoms with Crippen LogP contribution in [0.2, 0.25) is 0 Å². The Morgan fingerprint density at radius 2 is 1.92 bits per heavy atom. The minimum absolute atomic E-state index is 0.115. The maximum atomic E-state index is 12.7. The minimum Gasteiger partial charge on any atom is -0.381 e. The molecule has 1 aromatic carbocycles. The number of carbonyl (C=O) groups is 1. The summed E-state index contributed by atoms with van der Waals surface area (Å²) in [6.07, 6.45) is 2.96. The molecule has 2 aromatic heterocycles. The summed E-state index contributed by atoms with van der Waals surface area (Å²) in [5, 5.41) is 4.02. The van der Waals surface area contributed by atoms with E-state index in [0.717, 1.165) is 10.9 Å². The molecule has 0 saturated carbocycles. The number of amides is 1. The number of ether oxygens (including phenoxy) is 1. The summed E-state index contributed by atoms with van der Waals surface area (Å²) in [5.41, 5.74) is 1.37. The number of pyridine rings is 2. The van der Waals surface area contributed by atoms with Crippen LogP contribution in [0.25, 0.3) is 22.0 Å². The lowest BCUT2D eigenvalue weighted by atomic mass is 9.99. The lowest BCUT2D eigenvalue weighted by molar-refractivity contribution is -0.122. The first kappa shape index (κ1) is 16.5. The Balaban J connectivity index is 1.78. The highest BCUT2D eigenvalue weighted by Gasteiger charge is 2.23. The van der Waals surface area contributed by atoms with Crippen LogP contribution in [0.15, 0.2) is 53.5 Å². The monoisotopic (exact) mass is 349 g/mol. The second-order valence-corrected chi connectivity index (χ2v) is 6.37. The molecular weight excluding hydrogens is 330 g/mol. The smallest absolute Gasteiger partial charge is 0.259 e. The van der Waals surface area contributed by atoms with Crippen molar-refractivity contribution in [3.63, 3.8) is 0 Å². The molecule has 0 aliphatic carbocycles. The van der Waals surface area contributed by atoms with Crippen LogP contribution in [0.1, 0.15) is 12.8 Å².